The Labute approximate surface area is 95.2 Å². The lowest BCUT2D eigenvalue weighted by molar-refractivity contribution is 0.195. The molecule has 0 bridgehead atoms. The van der Waals surface area contributed by atoms with Crippen molar-refractivity contribution in [3.8, 4) is 0 Å². The molecular formula is C13H28N2. The number of hydrogen-bond donors (Lipinski definition) is 1. The van der Waals surface area contributed by atoms with Crippen LogP contribution in [0.1, 0.15) is 52.9 Å². The van der Waals surface area contributed by atoms with Gasteiger partial charge >= 0.3 is 0 Å². The van der Waals surface area contributed by atoms with E-state index in [1.165, 1.54) is 38.6 Å². The number of hydrogen-bond acceptors (Lipinski definition) is 2. The maximum atomic E-state index is 6.32. The summed E-state index contributed by atoms with van der Waals surface area (Å²) in [6.07, 6.45) is 6.51. The molecule has 0 radical (unpaired) electrons. The molecule has 0 heterocycles. The third kappa shape index (κ3) is 3.18. The third-order valence-corrected chi connectivity index (χ3v) is 4.08. The summed E-state index contributed by atoms with van der Waals surface area (Å²) in [5.41, 5.74) is 6.66. The van der Waals surface area contributed by atoms with E-state index in [-0.39, 0.29) is 0 Å². The molecule has 0 aromatic carbocycles. The highest BCUT2D eigenvalue weighted by atomic mass is 15.2. The van der Waals surface area contributed by atoms with Crippen LogP contribution in [0.25, 0.3) is 0 Å². The van der Waals surface area contributed by atoms with Crippen molar-refractivity contribution in [2.24, 2.45) is 11.1 Å². The summed E-state index contributed by atoms with van der Waals surface area (Å²) >= 11 is 0. The van der Waals surface area contributed by atoms with Gasteiger partial charge in [0.2, 0.25) is 0 Å². The van der Waals surface area contributed by atoms with Gasteiger partial charge in [-0.1, -0.05) is 33.6 Å². The van der Waals surface area contributed by atoms with E-state index in [9.17, 15) is 0 Å². The van der Waals surface area contributed by atoms with Gasteiger partial charge in [0.25, 0.3) is 0 Å². The fraction of sp³-hybridized carbons (Fsp3) is 1.00. The van der Waals surface area contributed by atoms with Gasteiger partial charge in [0.05, 0.1) is 0 Å². The maximum Gasteiger partial charge on any atom is 0.0249 e. The van der Waals surface area contributed by atoms with Gasteiger partial charge in [-0.05, 0) is 38.3 Å². The normalized spacial score (nSPS) is 30.0. The second-order valence-electron chi connectivity index (χ2n) is 5.81. The monoisotopic (exact) mass is 212 g/mol. The lowest BCUT2D eigenvalue weighted by Crippen LogP contribution is -2.47. The molecule has 90 valence electrons. The van der Waals surface area contributed by atoms with Crippen LogP contribution in [-0.2, 0) is 0 Å². The van der Waals surface area contributed by atoms with Crippen molar-refractivity contribution in [2.45, 2.75) is 65.0 Å². The topological polar surface area (TPSA) is 29.3 Å². The molecule has 15 heavy (non-hydrogen) atoms. The molecule has 0 aromatic heterocycles. The van der Waals surface area contributed by atoms with Crippen molar-refractivity contribution < 1.29 is 0 Å². The lowest BCUT2D eigenvalue weighted by Gasteiger charge is -2.32. The molecule has 1 aliphatic rings. The molecule has 1 rings (SSSR count). The fourth-order valence-corrected chi connectivity index (χ4v) is 2.66. The van der Waals surface area contributed by atoms with E-state index in [1.54, 1.807) is 0 Å². The van der Waals surface area contributed by atoms with Gasteiger partial charge in [0.15, 0.2) is 0 Å². The van der Waals surface area contributed by atoms with E-state index < -0.39 is 0 Å². The molecule has 2 N–H and O–H groups in total. The summed E-state index contributed by atoms with van der Waals surface area (Å²) in [6.45, 7) is 8.07. The fourth-order valence-electron chi connectivity index (χ4n) is 2.66. The predicted octanol–water partition coefficient (Wildman–Crippen LogP) is 2.62. The first-order chi connectivity index (χ1) is 6.99. The van der Waals surface area contributed by atoms with Crippen LogP contribution in [0.5, 0.6) is 0 Å². The van der Waals surface area contributed by atoms with Crippen LogP contribution in [-0.4, -0.2) is 30.6 Å². The summed E-state index contributed by atoms with van der Waals surface area (Å²) in [6, 6.07) is 0.959. The van der Waals surface area contributed by atoms with Crippen LogP contribution in [0, 0.1) is 5.41 Å². The summed E-state index contributed by atoms with van der Waals surface area (Å²) in [4.78, 5) is 2.48. The molecule has 1 aliphatic carbocycles. The van der Waals surface area contributed by atoms with Crippen LogP contribution in [0.4, 0.5) is 0 Å². The van der Waals surface area contributed by atoms with Crippen molar-refractivity contribution in [3.05, 3.63) is 0 Å². The molecule has 2 heteroatoms. The predicted molar refractivity (Wildman–Crippen MR) is 66.9 cm³/mol. The van der Waals surface area contributed by atoms with Gasteiger partial charge < -0.3 is 10.6 Å². The zero-order valence-corrected chi connectivity index (χ0v) is 10.9. The third-order valence-electron chi connectivity index (χ3n) is 4.08. The first-order valence-electron chi connectivity index (χ1n) is 6.45. The van der Waals surface area contributed by atoms with Gasteiger partial charge in [-0.2, -0.15) is 0 Å². The molecule has 0 saturated heterocycles. The average Bonchev–Trinajstić information content (AvgIpc) is 2.43. The molecule has 0 aliphatic heterocycles. The smallest absolute Gasteiger partial charge is 0.0249 e. The highest BCUT2D eigenvalue weighted by Crippen LogP contribution is 2.38. The first-order valence-corrected chi connectivity index (χ1v) is 6.45. The van der Waals surface area contributed by atoms with Crippen LogP contribution in [0.3, 0.4) is 0 Å². The van der Waals surface area contributed by atoms with Crippen molar-refractivity contribution in [1.82, 2.24) is 4.90 Å². The Hall–Kier alpha value is -0.0800. The maximum absolute atomic E-state index is 6.32. The van der Waals surface area contributed by atoms with Crippen molar-refractivity contribution in [1.29, 1.82) is 0 Å². The minimum absolute atomic E-state index is 0.337. The van der Waals surface area contributed by atoms with Gasteiger partial charge in [-0.3, -0.25) is 0 Å². The van der Waals surface area contributed by atoms with Crippen molar-refractivity contribution in [3.63, 3.8) is 0 Å². The summed E-state index contributed by atoms with van der Waals surface area (Å²) in [5.74, 6) is 0. The minimum Gasteiger partial charge on any atom is -0.326 e. The second-order valence-corrected chi connectivity index (χ2v) is 5.81. The second kappa shape index (κ2) is 5.31. The highest BCUT2D eigenvalue weighted by Gasteiger charge is 2.40. The number of nitrogens with two attached hydrogens (primary N) is 1. The Morgan fingerprint density at radius 3 is 2.47 bits per heavy atom. The first kappa shape index (κ1) is 13.0. The number of nitrogens with zero attached hydrogens (tertiary/aromatic N) is 1. The zero-order chi connectivity index (χ0) is 11.5. The Kier molecular flexibility index (Phi) is 4.60. The minimum atomic E-state index is 0.337. The molecule has 2 atom stereocenters. The number of likely N-dealkylation sites (N-methyl/N-ethyl adjacent to an activating group) is 1. The summed E-state index contributed by atoms with van der Waals surface area (Å²) in [5, 5.41) is 0. The Bertz CT molecular complexity index is 189. The van der Waals surface area contributed by atoms with Gasteiger partial charge in [-0.25, -0.2) is 0 Å². The average molecular weight is 212 g/mol. The quantitative estimate of drug-likeness (QED) is 0.710. The van der Waals surface area contributed by atoms with Crippen LogP contribution >= 0.6 is 0 Å². The zero-order valence-electron chi connectivity index (χ0n) is 10.9. The molecule has 1 fully saturated rings. The van der Waals surface area contributed by atoms with E-state index in [2.05, 4.69) is 32.7 Å². The largest absolute Gasteiger partial charge is 0.326 e. The SMILES string of the molecule is CCCCCN(C)C1CCC(C)(C)C1N. The van der Waals surface area contributed by atoms with Gasteiger partial charge in [0.1, 0.15) is 0 Å². The molecule has 2 nitrogen and oxygen atoms in total. The van der Waals surface area contributed by atoms with Crippen molar-refractivity contribution >= 4 is 0 Å². The van der Waals surface area contributed by atoms with E-state index in [0.29, 0.717) is 17.5 Å². The number of unbranched alkanes of at least 4 members (excludes halogenated alkanes) is 2. The lowest BCUT2D eigenvalue weighted by atomic mass is 9.87. The molecule has 0 aromatic rings. The Morgan fingerprint density at radius 1 is 1.33 bits per heavy atom. The number of rotatable bonds is 5. The van der Waals surface area contributed by atoms with Gasteiger partial charge in [0, 0.05) is 12.1 Å². The molecule has 1 saturated carbocycles. The van der Waals surface area contributed by atoms with E-state index in [4.69, 9.17) is 5.73 Å². The van der Waals surface area contributed by atoms with Crippen LogP contribution < -0.4 is 5.73 Å². The van der Waals surface area contributed by atoms with Crippen molar-refractivity contribution in [2.75, 3.05) is 13.6 Å². The van der Waals surface area contributed by atoms with Gasteiger partial charge in [-0.15, -0.1) is 0 Å². The van der Waals surface area contributed by atoms with E-state index >= 15 is 0 Å². The standard InChI is InChI=1S/C13H28N2/c1-5-6-7-10-15(4)11-8-9-13(2,3)12(11)14/h11-12H,5-10,14H2,1-4H3. The highest BCUT2D eigenvalue weighted by molar-refractivity contribution is 4.98. The van der Waals surface area contributed by atoms with E-state index in [0.717, 1.165) is 0 Å². The van der Waals surface area contributed by atoms with Crippen LogP contribution in [0.2, 0.25) is 0 Å². The Balaban J connectivity index is 2.37. The van der Waals surface area contributed by atoms with Crippen LogP contribution in [0.15, 0.2) is 0 Å². The molecule has 0 spiro atoms. The summed E-state index contributed by atoms with van der Waals surface area (Å²) in [7, 11) is 2.24. The molecule has 0 amide bonds. The Morgan fingerprint density at radius 2 is 2.00 bits per heavy atom. The summed E-state index contributed by atoms with van der Waals surface area (Å²) < 4.78 is 0. The van der Waals surface area contributed by atoms with E-state index in [1.807, 2.05) is 0 Å². The molecular weight excluding hydrogens is 184 g/mol. The molecule has 2 unspecified atom stereocenters.